The van der Waals surface area contributed by atoms with Gasteiger partial charge in [0, 0.05) is 54.0 Å². The van der Waals surface area contributed by atoms with Crippen molar-refractivity contribution in [1.82, 2.24) is 19.5 Å². The Morgan fingerprint density at radius 1 is 0.783 bits per heavy atom. The minimum absolute atomic E-state index is 0.319. The number of hydrogen-bond donors (Lipinski definition) is 2. The summed E-state index contributed by atoms with van der Waals surface area (Å²) in [6.07, 6.45) is 4.59. The van der Waals surface area contributed by atoms with E-state index in [-0.39, 0.29) is 0 Å². The number of imidazole rings is 1. The van der Waals surface area contributed by atoms with Crippen molar-refractivity contribution in [1.29, 1.82) is 0 Å². The van der Waals surface area contributed by atoms with Crippen LogP contribution in [0.15, 0.2) is 88.3 Å². The quantitative estimate of drug-likeness (QED) is 0.138. The summed E-state index contributed by atoms with van der Waals surface area (Å²) in [7, 11) is 7.19. The van der Waals surface area contributed by atoms with Crippen LogP contribution < -0.4 is 11.1 Å². The van der Waals surface area contributed by atoms with Gasteiger partial charge in [0.2, 0.25) is 0 Å². The summed E-state index contributed by atoms with van der Waals surface area (Å²) in [6.45, 7) is -0.514. The van der Waals surface area contributed by atoms with E-state index in [1.807, 2.05) is 53.1 Å². The van der Waals surface area contributed by atoms with Crippen LogP contribution in [-0.2, 0) is 23.7 Å². The molecule has 0 radical (unpaired) electrons. The van der Waals surface area contributed by atoms with E-state index in [2.05, 4.69) is 75.8 Å². The van der Waals surface area contributed by atoms with Crippen LogP contribution in [0.4, 0.5) is 17.2 Å². The number of rotatable bonds is 8. The first-order chi connectivity index (χ1) is 22.1. The average molecular weight is 760 g/mol. The Morgan fingerprint density at radius 2 is 1.37 bits per heavy atom. The molecule has 5 rings (SSSR count). The highest BCUT2D eigenvalue weighted by molar-refractivity contribution is 9.10. The fourth-order valence-corrected chi connectivity index (χ4v) is 4.54. The molecule has 0 aliphatic rings. The number of fused-ring (bicyclic) bond motifs is 1. The first-order valence-electron chi connectivity index (χ1n) is 13.3. The van der Waals surface area contributed by atoms with Crippen molar-refractivity contribution in [2.24, 2.45) is 0 Å². The van der Waals surface area contributed by atoms with Crippen LogP contribution in [0.3, 0.4) is 0 Å². The zero-order valence-electron chi connectivity index (χ0n) is 25.6. The predicted octanol–water partition coefficient (Wildman–Crippen LogP) is 6.14. The smallest absolute Gasteiger partial charge is 0.339 e. The maximum absolute atomic E-state index is 11.5. The first kappa shape index (κ1) is 36.1. The van der Waals surface area contributed by atoms with Crippen LogP contribution in [0.1, 0.15) is 20.7 Å². The second-order valence-electron chi connectivity index (χ2n) is 8.94. The maximum Gasteiger partial charge on any atom is 0.339 e. The summed E-state index contributed by atoms with van der Waals surface area (Å²) >= 11 is 6.82. The lowest BCUT2D eigenvalue weighted by molar-refractivity contribution is -0.252. The second-order valence-corrected chi connectivity index (χ2v) is 10.8. The molecule has 0 saturated heterocycles. The molecule has 3 N–H and O–H groups in total. The molecule has 5 aromatic rings. The molecule has 46 heavy (non-hydrogen) atoms. The van der Waals surface area contributed by atoms with Crippen molar-refractivity contribution in [3.63, 3.8) is 0 Å². The van der Waals surface area contributed by atoms with Crippen molar-refractivity contribution >= 4 is 72.2 Å². The second kappa shape index (κ2) is 17.9. The number of ether oxygens (including phenoxy) is 5. The molecular formula is C31H32Br2N6O7. The number of hydrogen-bond acceptors (Lipinski definition) is 12. The monoisotopic (exact) mass is 758 g/mol. The zero-order valence-corrected chi connectivity index (χ0v) is 28.7. The summed E-state index contributed by atoms with van der Waals surface area (Å²) < 4.78 is 26.9. The van der Waals surface area contributed by atoms with E-state index in [0.717, 1.165) is 20.3 Å². The Bertz CT molecular complexity index is 1760. The number of halogens is 2. The number of nitrogens with one attached hydrogen (secondary N) is 1. The van der Waals surface area contributed by atoms with Crippen LogP contribution in [0, 0.1) is 0 Å². The van der Waals surface area contributed by atoms with Gasteiger partial charge < -0.3 is 34.7 Å². The number of carbonyl (C=O) groups is 2. The molecule has 0 fully saturated rings. The van der Waals surface area contributed by atoms with E-state index >= 15 is 0 Å². The highest BCUT2D eigenvalue weighted by Crippen LogP contribution is 2.24. The molecule has 0 amide bonds. The Labute approximate surface area is 282 Å². The maximum atomic E-state index is 11.5. The summed E-state index contributed by atoms with van der Waals surface area (Å²) in [5, 5.41) is 3.08. The molecule has 13 nitrogen and oxygen atoms in total. The molecule has 242 valence electrons. The fraction of sp³-hybridized carbons (Fsp3) is 0.194. The molecule has 0 aliphatic carbocycles. The number of nitrogen functional groups attached to an aromatic ring is 1. The van der Waals surface area contributed by atoms with Crippen molar-refractivity contribution in [2.75, 3.05) is 46.6 Å². The van der Waals surface area contributed by atoms with Crippen LogP contribution in [-0.4, -0.2) is 73.5 Å². The van der Waals surface area contributed by atoms with Gasteiger partial charge in [-0.25, -0.2) is 24.5 Å². The summed E-state index contributed by atoms with van der Waals surface area (Å²) in [5.74, 6) is -0.393. The minimum Gasteiger partial charge on any atom is -0.465 e. The Hall–Kier alpha value is -4.41. The zero-order chi connectivity index (χ0) is 33.6. The number of nitrogens with two attached hydrogens (primary N) is 1. The van der Waals surface area contributed by atoms with E-state index in [1.165, 1.54) is 54.0 Å². The SMILES string of the molecule is COC(=O)c1cnc(Nc2cccc(Br)c2)c(N)c1.COC(=O)c1cnc2c(c1)ncn2-c1cccc(Br)c1.COC(OC)OC. The van der Waals surface area contributed by atoms with Crippen LogP contribution in [0.5, 0.6) is 0 Å². The normalized spacial score (nSPS) is 10.3. The molecule has 0 saturated carbocycles. The Kier molecular flexibility index (Phi) is 14.0. The molecular weight excluding hydrogens is 728 g/mol. The highest BCUT2D eigenvalue weighted by atomic mass is 79.9. The van der Waals surface area contributed by atoms with Gasteiger partial charge in [0.1, 0.15) is 11.8 Å². The van der Waals surface area contributed by atoms with E-state index < -0.39 is 18.4 Å². The number of methoxy groups -OCH3 is 5. The van der Waals surface area contributed by atoms with Crippen LogP contribution in [0.25, 0.3) is 16.9 Å². The van der Waals surface area contributed by atoms with Crippen molar-refractivity contribution < 1.29 is 33.3 Å². The number of anilines is 3. The van der Waals surface area contributed by atoms with Crippen molar-refractivity contribution in [3.8, 4) is 5.69 Å². The largest absolute Gasteiger partial charge is 0.465 e. The number of esters is 2. The fourth-order valence-electron chi connectivity index (χ4n) is 3.75. The molecule has 2 aromatic carbocycles. The molecule has 0 aliphatic heterocycles. The van der Waals surface area contributed by atoms with Gasteiger partial charge in [-0.15, -0.1) is 0 Å². The van der Waals surface area contributed by atoms with Gasteiger partial charge in [-0.2, -0.15) is 0 Å². The van der Waals surface area contributed by atoms with E-state index in [4.69, 9.17) is 5.73 Å². The number of pyridine rings is 2. The number of carbonyl (C=O) groups excluding carboxylic acids is 2. The van der Waals surface area contributed by atoms with Gasteiger partial charge in [-0.1, -0.05) is 44.0 Å². The van der Waals surface area contributed by atoms with Gasteiger partial charge >= 0.3 is 11.9 Å². The van der Waals surface area contributed by atoms with Crippen LogP contribution >= 0.6 is 31.9 Å². The Morgan fingerprint density at radius 3 is 1.91 bits per heavy atom. The minimum atomic E-state index is -0.514. The third-order valence-corrected chi connectivity index (χ3v) is 6.88. The van der Waals surface area contributed by atoms with Gasteiger partial charge in [0.05, 0.1) is 31.0 Å². The van der Waals surface area contributed by atoms with E-state index in [9.17, 15) is 9.59 Å². The predicted molar refractivity (Wildman–Crippen MR) is 180 cm³/mol. The molecule has 15 heteroatoms. The van der Waals surface area contributed by atoms with Gasteiger partial charge in [-0.05, 0) is 48.5 Å². The molecule has 0 bridgehead atoms. The topological polar surface area (TPSA) is 162 Å². The van der Waals surface area contributed by atoms with E-state index in [0.29, 0.717) is 33.8 Å². The first-order valence-corrected chi connectivity index (χ1v) is 14.8. The van der Waals surface area contributed by atoms with Crippen LogP contribution in [0.2, 0.25) is 0 Å². The lowest BCUT2D eigenvalue weighted by atomic mass is 10.2. The number of benzene rings is 2. The van der Waals surface area contributed by atoms with Gasteiger partial charge in [0.25, 0.3) is 6.48 Å². The molecule has 0 unspecified atom stereocenters. The van der Waals surface area contributed by atoms with Gasteiger partial charge in [-0.3, -0.25) is 4.57 Å². The third kappa shape index (κ3) is 10.1. The van der Waals surface area contributed by atoms with E-state index in [1.54, 1.807) is 12.4 Å². The van der Waals surface area contributed by atoms with Crippen molar-refractivity contribution in [3.05, 3.63) is 99.5 Å². The molecule has 3 heterocycles. The molecule has 3 aromatic heterocycles. The third-order valence-electron chi connectivity index (χ3n) is 5.90. The standard InChI is InChI=1S/C14H10BrN3O2.C13H12BrN3O2.C4H10O3/c1-20-14(19)9-5-12-13(16-7-9)18(8-17-12)11-4-2-3-10(15)6-11;1-19-13(18)8-5-11(15)12(16-7-8)17-10-4-2-3-9(14)6-10;1-5-4(6-2)7-3/h2-8H,1H3;2-7H,15H2,1H3,(H,16,17);4H,1-3H3. The van der Waals surface area contributed by atoms with Gasteiger partial charge in [0.15, 0.2) is 11.5 Å². The molecule has 0 atom stereocenters. The average Bonchev–Trinajstić information content (AvgIpc) is 3.50. The summed E-state index contributed by atoms with van der Waals surface area (Å²) in [4.78, 5) is 35.5. The summed E-state index contributed by atoms with van der Waals surface area (Å²) in [5.41, 5.74) is 10.1. The number of aromatic nitrogens is 4. The summed E-state index contributed by atoms with van der Waals surface area (Å²) in [6, 6.07) is 18.6. The Balaban J connectivity index is 0.000000209. The molecule has 0 spiro atoms. The lowest BCUT2D eigenvalue weighted by Crippen LogP contribution is -2.14. The lowest BCUT2D eigenvalue weighted by Gasteiger charge is -2.09. The highest BCUT2D eigenvalue weighted by Gasteiger charge is 2.12. The van der Waals surface area contributed by atoms with Crippen molar-refractivity contribution in [2.45, 2.75) is 6.48 Å². The number of nitrogens with zero attached hydrogens (tertiary/aromatic N) is 4.